The van der Waals surface area contributed by atoms with Crippen molar-refractivity contribution < 1.29 is 19.1 Å². The number of rotatable bonds is 29. The Labute approximate surface area is 232 Å². The van der Waals surface area contributed by atoms with Crippen LogP contribution in [0.3, 0.4) is 0 Å². The van der Waals surface area contributed by atoms with Crippen LogP contribution in [0.2, 0.25) is 0 Å². The van der Waals surface area contributed by atoms with Crippen LogP contribution in [0.1, 0.15) is 155 Å². The first-order chi connectivity index (χ1) is 17.7. The van der Waals surface area contributed by atoms with Gasteiger partial charge in [0.2, 0.25) is 0 Å². The van der Waals surface area contributed by atoms with Gasteiger partial charge in [-0.25, -0.2) is 0 Å². The summed E-state index contributed by atoms with van der Waals surface area (Å²) in [5.41, 5.74) is 0. The molecule has 0 aromatic rings. The summed E-state index contributed by atoms with van der Waals surface area (Å²) in [7, 11) is 4.12. The summed E-state index contributed by atoms with van der Waals surface area (Å²) in [5.74, 6) is 2.55. The van der Waals surface area contributed by atoms with E-state index < -0.39 is 0 Å². The molecule has 214 valence electrons. The lowest BCUT2D eigenvalue weighted by molar-refractivity contribution is -0.144. The summed E-state index contributed by atoms with van der Waals surface area (Å²) in [6.45, 7) is 5.41. The highest BCUT2D eigenvalue weighted by Gasteiger charge is 2.03. The third-order valence-corrected chi connectivity index (χ3v) is 8.90. The number of esters is 2. The SMILES string of the molecule is CCCCOC(=O)CCCCCCCCCCSSCCCCCCCCCCC(=O)OCCCC. The van der Waals surface area contributed by atoms with Gasteiger partial charge in [-0.1, -0.05) is 125 Å². The standard InChI is InChI=1S/C30H58O4S2/c1-3-5-25-33-29(31)23-19-15-11-7-9-13-17-21-27-35-36-28-22-18-14-10-8-12-16-20-24-30(32)34-26-6-4-2/h3-28H2,1-2H3. The van der Waals surface area contributed by atoms with Crippen LogP contribution in [-0.4, -0.2) is 36.7 Å². The van der Waals surface area contributed by atoms with Gasteiger partial charge in [-0.15, -0.1) is 0 Å². The zero-order valence-electron chi connectivity index (χ0n) is 23.8. The Morgan fingerprint density at radius 3 is 1.08 bits per heavy atom. The van der Waals surface area contributed by atoms with E-state index >= 15 is 0 Å². The molecule has 36 heavy (non-hydrogen) atoms. The van der Waals surface area contributed by atoms with Crippen LogP contribution in [0.5, 0.6) is 0 Å². The molecule has 0 aliphatic heterocycles. The highest BCUT2D eigenvalue weighted by molar-refractivity contribution is 8.76. The maximum Gasteiger partial charge on any atom is 0.305 e. The van der Waals surface area contributed by atoms with Crippen LogP contribution < -0.4 is 0 Å². The van der Waals surface area contributed by atoms with Crippen LogP contribution in [0.4, 0.5) is 0 Å². The van der Waals surface area contributed by atoms with E-state index in [1.165, 1.54) is 88.6 Å². The Morgan fingerprint density at radius 2 is 0.750 bits per heavy atom. The molecular formula is C30H58O4S2. The lowest BCUT2D eigenvalue weighted by atomic mass is 10.1. The first kappa shape index (κ1) is 35.6. The molecule has 0 saturated heterocycles. The molecule has 0 aliphatic carbocycles. The van der Waals surface area contributed by atoms with E-state index in [4.69, 9.17) is 9.47 Å². The summed E-state index contributed by atoms with van der Waals surface area (Å²) >= 11 is 0. The summed E-state index contributed by atoms with van der Waals surface area (Å²) in [5, 5.41) is 0. The zero-order valence-corrected chi connectivity index (χ0v) is 25.5. The topological polar surface area (TPSA) is 52.6 Å². The molecule has 0 atom stereocenters. The Kier molecular flexibility index (Phi) is 30.6. The Morgan fingerprint density at radius 1 is 0.444 bits per heavy atom. The van der Waals surface area contributed by atoms with Crippen LogP contribution in [0.15, 0.2) is 0 Å². The Bertz CT molecular complexity index is 432. The zero-order chi connectivity index (χ0) is 26.4. The van der Waals surface area contributed by atoms with Crippen molar-refractivity contribution in [1.29, 1.82) is 0 Å². The summed E-state index contributed by atoms with van der Waals surface area (Å²) in [4.78, 5) is 23.1. The van der Waals surface area contributed by atoms with Gasteiger partial charge in [0.25, 0.3) is 0 Å². The van der Waals surface area contributed by atoms with Crippen LogP contribution in [0, 0.1) is 0 Å². The molecule has 0 aromatic heterocycles. The molecule has 0 amide bonds. The van der Waals surface area contributed by atoms with Gasteiger partial charge >= 0.3 is 11.9 Å². The predicted octanol–water partition coefficient (Wildman–Crippen LogP) is 10.1. The summed E-state index contributed by atoms with van der Waals surface area (Å²) < 4.78 is 10.4. The minimum Gasteiger partial charge on any atom is -0.466 e. The monoisotopic (exact) mass is 546 g/mol. The van der Waals surface area contributed by atoms with Gasteiger partial charge in [0.15, 0.2) is 0 Å². The van der Waals surface area contributed by atoms with Crippen molar-refractivity contribution in [2.75, 3.05) is 24.7 Å². The summed E-state index contributed by atoms with van der Waals surface area (Å²) in [6.07, 6.45) is 25.5. The van der Waals surface area contributed by atoms with Gasteiger partial charge in [-0.05, 0) is 38.5 Å². The fourth-order valence-corrected chi connectivity index (χ4v) is 6.20. The number of hydrogen-bond acceptors (Lipinski definition) is 6. The average molecular weight is 547 g/mol. The van der Waals surface area contributed by atoms with E-state index in [9.17, 15) is 9.59 Å². The quantitative estimate of drug-likeness (QED) is 0.0528. The Balaban J connectivity index is 3.12. The molecule has 0 aliphatic rings. The molecule has 0 bridgehead atoms. The first-order valence-corrected chi connectivity index (χ1v) is 17.7. The van der Waals surface area contributed by atoms with Gasteiger partial charge in [-0.2, -0.15) is 0 Å². The van der Waals surface area contributed by atoms with Crippen molar-refractivity contribution in [3.63, 3.8) is 0 Å². The fraction of sp³-hybridized carbons (Fsp3) is 0.933. The van der Waals surface area contributed by atoms with Crippen molar-refractivity contribution in [2.24, 2.45) is 0 Å². The van der Waals surface area contributed by atoms with Gasteiger partial charge in [0, 0.05) is 24.3 Å². The maximum atomic E-state index is 11.5. The molecule has 0 fully saturated rings. The number of ether oxygens (including phenoxy) is 2. The van der Waals surface area contributed by atoms with Crippen molar-refractivity contribution in [1.82, 2.24) is 0 Å². The van der Waals surface area contributed by atoms with Crippen LogP contribution in [0.25, 0.3) is 0 Å². The van der Waals surface area contributed by atoms with Crippen LogP contribution >= 0.6 is 21.6 Å². The number of unbranched alkanes of at least 4 members (excludes halogenated alkanes) is 16. The molecule has 0 heterocycles. The third kappa shape index (κ3) is 29.9. The van der Waals surface area contributed by atoms with Crippen LogP contribution in [-0.2, 0) is 19.1 Å². The van der Waals surface area contributed by atoms with Gasteiger partial charge in [-0.3, -0.25) is 9.59 Å². The molecule has 0 N–H and O–H groups in total. The highest BCUT2D eigenvalue weighted by Crippen LogP contribution is 2.25. The van der Waals surface area contributed by atoms with Crippen molar-refractivity contribution in [3.8, 4) is 0 Å². The molecule has 0 aromatic carbocycles. The lowest BCUT2D eigenvalue weighted by Crippen LogP contribution is -2.05. The molecule has 0 rings (SSSR count). The van der Waals surface area contributed by atoms with E-state index in [1.54, 1.807) is 0 Å². The smallest absolute Gasteiger partial charge is 0.305 e. The lowest BCUT2D eigenvalue weighted by Gasteiger charge is -2.05. The second kappa shape index (κ2) is 30.9. The molecule has 0 unspecified atom stereocenters. The molecular weight excluding hydrogens is 488 g/mol. The van der Waals surface area contributed by atoms with Crippen molar-refractivity contribution in [3.05, 3.63) is 0 Å². The van der Waals surface area contributed by atoms with E-state index in [-0.39, 0.29) is 11.9 Å². The van der Waals surface area contributed by atoms with E-state index in [0.29, 0.717) is 26.1 Å². The highest BCUT2D eigenvalue weighted by atomic mass is 33.1. The minimum atomic E-state index is -0.0137. The van der Waals surface area contributed by atoms with E-state index in [2.05, 4.69) is 35.4 Å². The molecule has 0 saturated carbocycles. The van der Waals surface area contributed by atoms with E-state index in [0.717, 1.165) is 51.4 Å². The van der Waals surface area contributed by atoms with E-state index in [1.807, 2.05) is 0 Å². The molecule has 0 radical (unpaired) electrons. The molecule has 6 heteroatoms. The Hall–Kier alpha value is -0.360. The van der Waals surface area contributed by atoms with Gasteiger partial charge in [0.05, 0.1) is 13.2 Å². The van der Waals surface area contributed by atoms with Crippen molar-refractivity contribution >= 4 is 33.5 Å². The normalized spacial score (nSPS) is 11.1. The largest absolute Gasteiger partial charge is 0.466 e. The minimum absolute atomic E-state index is 0.0137. The second-order valence-electron chi connectivity index (χ2n) is 9.95. The number of carbonyl (C=O) groups is 2. The first-order valence-electron chi connectivity index (χ1n) is 15.3. The number of carbonyl (C=O) groups excluding carboxylic acids is 2. The third-order valence-electron chi connectivity index (χ3n) is 6.32. The average Bonchev–Trinajstić information content (AvgIpc) is 2.87. The maximum absolute atomic E-state index is 11.5. The fourth-order valence-electron chi connectivity index (χ4n) is 3.90. The number of hydrogen-bond donors (Lipinski definition) is 0. The van der Waals surface area contributed by atoms with Crippen molar-refractivity contribution in [2.45, 2.75) is 155 Å². The summed E-state index contributed by atoms with van der Waals surface area (Å²) in [6, 6.07) is 0. The van der Waals surface area contributed by atoms with Gasteiger partial charge < -0.3 is 9.47 Å². The van der Waals surface area contributed by atoms with Gasteiger partial charge in [0.1, 0.15) is 0 Å². The predicted molar refractivity (Wildman–Crippen MR) is 160 cm³/mol. The molecule has 4 nitrogen and oxygen atoms in total. The molecule has 0 spiro atoms. The second-order valence-corrected chi connectivity index (χ2v) is 12.7.